The third-order valence-corrected chi connectivity index (χ3v) is 5.22. The molecule has 1 N–H and O–H groups in total. The molecule has 7 nitrogen and oxygen atoms in total. The van der Waals surface area contributed by atoms with E-state index in [1.807, 2.05) is 30.3 Å². The smallest absolute Gasteiger partial charge is 0.295 e. The molecule has 2 aromatic carbocycles. The number of aliphatic hydroxyl groups is 1. The molecule has 2 aromatic rings. The van der Waals surface area contributed by atoms with E-state index in [0.717, 1.165) is 5.56 Å². The van der Waals surface area contributed by atoms with Gasteiger partial charge in [-0.2, -0.15) is 0 Å². The molecule has 0 aromatic heterocycles. The quantitative estimate of drug-likeness (QED) is 0.342. The van der Waals surface area contributed by atoms with E-state index in [9.17, 15) is 14.7 Å². The van der Waals surface area contributed by atoms with Gasteiger partial charge in [-0.1, -0.05) is 30.3 Å². The summed E-state index contributed by atoms with van der Waals surface area (Å²) in [5.74, 6) is -0.477. The highest BCUT2D eigenvalue weighted by Crippen LogP contribution is 2.41. The summed E-state index contributed by atoms with van der Waals surface area (Å²) in [6, 6.07) is 13.5. The first-order valence-corrected chi connectivity index (χ1v) is 9.84. The summed E-state index contributed by atoms with van der Waals surface area (Å²) in [6.07, 6.45) is 0.580. The molecule has 0 bridgehead atoms. The minimum absolute atomic E-state index is 0.0697. The molecule has 7 heteroatoms. The van der Waals surface area contributed by atoms with E-state index in [2.05, 4.69) is 0 Å². The number of methoxy groups -OCH3 is 1. The van der Waals surface area contributed by atoms with Gasteiger partial charge in [0.1, 0.15) is 19.0 Å². The van der Waals surface area contributed by atoms with Crippen LogP contribution in [0.2, 0.25) is 0 Å². The fraction of sp³-hybridized carbons (Fsp3) is 0.304. The summed E-state index contributed by atoms with van der Waals surface area (Å²) in [4.78, 5) is 27.2. The van der Waals surface area contributed by atoms with E-state index < -0.39 is 17.7 Å². The molecule has 0 radical (unpaired) electrons. The average Bonchev–Trinajstić information content (AvgIpc) is 3.04. The van der Waals surface area contributed by atoms with Crippen LogP contribution in [0.5, 0.6) is 11.5 Å². The minimum Gasteiger partial charge on any atom is -0.507 e. The van der Waals surface area contributed by atoms with Crippen LogP contribution in [0.25, 0.3) is 5.76 Å². The topological polar surface area (TPSA) is 85.3 Å². The third kappa shape index (κ3) is 3.64. The van der Waals surface area contributed by atoms with Crippen molar-refractivity contribution in [3.05, 3.63) is 65.2 Å². The van der Waals surface area contributed by atoms with E-state index in [0.29, 0.717) is 49.8 Å². The number of aliphatic hydroxyl groups excluding tert-OH is 1. The number of amides is 1. The lowest BCUT2D eigenvalue weighted by molar-refractivity contribution is -0.140. The van der Waals surface area contributed by atoms with E-state index in [1.54, 1.807) is 25.3 Å². The van der Waals surface area contributed by atoms with E-state index in [4.69, 9.17) is 14.2 Å². The predicted molar refractivity (Wildman–Crippen MR) is 109 cm³/mol. The first-order chi connectivity index (χ1) is 14.6. The number of benzene rings is 2. The molecule has 1 unspecified atom stereocenters. The number of ketones is 1. The molecule has 1 fully saturated rings. The van der Waals surface area contributed by atoms with E-state index in [-0.39, 0.29) is 11.3 Å². The summed E-state index contributed by atoms with van der Waals surface area (Å²) in [5, 5.41) is 11.1. The van der Waals surface area contributed by atoms with Crippen molar-refractivity contribution in [3.8, 4) is 11.5 Å². The van der Waals surface area contributed by atoms with Crippen molar-refractivity contribution in [1.29, 1.82) is 0 Å². The van der Waals surface area contributed by atoms with Crippen LogP contribution in [0.3, 0.4) is 0 Å². The predicted octanol–water partition coefficient (Wildman–Crippen LogP) is 2.92. The minimum atomic E-state index is -0.700. The second-order valence-electron chi connectivity index (χ2n) is 7.11. The zero-order chi connectivity index (χ0) is 21.1. The van der Waals surface area contributed by atoms with Gasteiger partial charge in [0.2, 0.25) is 0 Å². The number of nitrogens with zero attached hydrogens (tertiary/aromatic N) is 1. The molecule has 2 aliphatic rings. The van der Waals surface area contributed by atoms with Gasteiger partial charge in [-0.25, -0.2) is 0 Å². The SMILES string of the molecule is COCCCN1C(=O)C(=O)C(=C(O)c2ccc3c(c2)OCCO3)C1c1ccccc1. The molecule has 0 saturated carbocycles. The number of likely N-dealkylation sites (tertiary alicyclic amines) is 1. The van der Waals surface area contributed by atoms with E-state index in [1.165, 1.54) is 4.90 Å². The van der Waals surface area contributed by atoms with Crippen LogP contribution in [-0.2, 0) is 14.3 Å². The second kappa shape index (κ2) is 8.59. The Morgan fingerprint density at radius 3 is 2.57 bits per heavy atom. The Morgan fingerprint density at radius 1 is 1.10 bits per heavy atom. The summed E-state index contributed by atoms with van der Waals surface area (Å²) < 4.78 is 16.2. The molecule has 1 saturated heterocycles. The van der Waals surface area contributed by atoms with Gasteiger partial charge in [0, 0.05) is 25.8 Å². The highest BCUT2D eigenvalue weighted by Gasteiger charge is 2.45. The summed E-state index contributed by atoms with van der Waals surface area (Å²) >= 11 is 0. The van der Waals surface area contributed by atoms with Crippen LogP contribution in [0.4, 0.5) is 0 Å². The molecule has 0 aliphatic carbocycles. The number of ether oxygens (including phenoxy) is 3. The monoisotopic (exact) mass is 409 g/mol. The Morgan fingerprint density at radius 2 is 1.83 bits per heavy atom. The fourth-order valence-electron chi connectivity index (χ4n) is 3.82. The van der Waals surface area contributed by atoms with E-state index >= 15 is 0 Å². The normalized spacial score (nSPS) is 19.9. The first-order valence-electron chi connectivity index (χ1n) is 9.84. The zero-order valence-electron chi connectivity index (χ0n) is 16.7. The van der Waals surface area contributed by atoms with Crippen molar-refractivity contribution in [3.63, 3.8) is 0 Å². The van der Waals surface area contributed by atoms with Gasteiger partial charge in [-0.05, 0) is 30.2 Å². The molecule has 0 spiro atoms. The van der Waals surface area contributed by atoms with Crippen LogP contribution >= 0.6 is 0 Å². The van der Waals surface area contributed by atoms with Crippen LogP contribution in [0.15, 0.2) is 54.1 Å². The average molecular weight is 409 g/mol. The highest BCUT2D eigenvalue weighted by atomic mass is 16.6. The van der Waals surface area contributed by atoms with Crippen molar-refractivity contribution in [2.24, 2.45) is 0 Å². The molecule has 1 amide bonds. The summed E-state index contributed by atoms with van der Waals surface area (Å²) in [5.41, 5.74) is 1.23. The van der Waals surface area contributed by atoms with Crippen molar-refractivity contribution < 1.29 is 28.9 Å². The molecule has 1 atom stereocenters. The van der Waals surface area contributed by atoms with Crippen LogP contribution in [-0.4, -0.2) is 55.2 Å². The molecule has 156 valence electrons. The Kier molecular flexibility index (Phi) is 5.72. The molecule has 2 aliphatic heterocycles. The first kappa shape index (κ1) is 20.0. The Bertz CT molecular complexity index is 984. The lowest BCUT2D eigenvalue weighted by Crippen LogP contribution is -2.31. The Labute approximate surface area is 174 Å². The van der Waals surface area contributed by atoms with Crippen molar-refractivity contribution >= 4 is 17.4 Å². The number of carbonyl (C=O) groups excluding carboxylic acids is 2. The van der Waals surface area contributed by atoms with Crippen molar-refractivity contribution in [2.75, 3.05) is 33.5 Å². The second-order valence-corrected chi connectivity index (χ2v) is 7.11. The maximum absolute atomic E-state index is 12.9. The third-order valence-electron chi connectivity index (χ3n) is 5.22. The lowest BCUT2D eigenvalue weighted by atomic mass is 9.95. The van der Waals surface area contributed by atoms with Gasteiger partial charge in [0.15, 0.2) is 11.5 Å². The standard InChI is InChI=1S/C23H23NO6/c1-28-11-5-10-24-20(15-6-3-2-4-7-15)19(22(26)23(24)27)21(25)16-8-9-17-18(14-16)30-13-12-29-17/h2-4,6-9,14,20,25H,5,10-13H2,1H3. The number of fused-ring (bicyclic) bond motifs is 1. The van der Waals surface area contributed by atoms with Gasteiger partial charge >= 0.3 is 0 Å². The Balaban J connectivity index is 1.79. The number of carbonyl (C=O) groups is 2. The maximum atomic E-state index is 12.9. The maximum Gasteiger partial charge on any atom is 0.295 e. The molecule has 4 rings (SSSR count). The summed E-state index contributed by atoms with van der Waals surface area (Å²) in [6.45, 7) is 1.67. The van der Waals surface area contributed by atoms with Crippen LogP contribution in [0.1, 0.15) is 23.6 Å². The van der Waals surface area contributed by atoms with Gasteiger partial charge < -0.3 is 24.2 Å². The van der Waals surface area contributed by atoms with Gasteiger partial charge in [0.05, 0.1) is 11.6 Å². The summed E-state index contributed by atoms with van der Waals surface area (Å²) in [7, 11) is 1.59. The molecular formula is C23H23NO6. The molecular weight excluding hydrogens is 386 g/mol. The highest BCUT2D eigenvalue weighted by molar-refractivity contribution is 6.46. The van der Waals surface area contributed by atoms with Crippen LogP contribution < -0.4 is 9.47 Å². The number of rotatable bonds is 6. The van der Waals surface area contributed by atoms with Gasteiger partial charge in [-0.15, -0.1) is 0 Å². The van der Waals surface area contributed by atoms with Gasteiger partial charge in [0.25, 0.3) is 11.7 Å². The molecule has 30 heavy (non-hydrogen) atoms. The lowest BCUT2D eigenvalue weighted by Gasteiger charge is -2.25. The number of Topliss-reactive ketones (excluding diaryl/α,β-unsaturated/α-hetero) is 1. The Hall–Kier alpha value is -3.32. The van der Waals surface area contributed by atoms with Crippen molar-refractivity contribution in [1.82, 2.24) is 4.90 Å². The number of hydrogen-bond donors (Lipinski definition) is 1. The largest absolute Gasteiger partial charge is 0.507 e. The van der Waals surface area contributed by atoms with Crippen LogP contribution in [0, 0.1) is 0 Å². The zero-order valence-corrected chi connectivity index (χ0v) is 16.7. The number of hydrogen-bond acceptors (Lipinski definition) is 6. The van der Waals surface area contributed by atoms with Gasteiger partial charge in [-0.3, -0.25) is 9.59 Å². The molecule has 2 heterocycles. The van der Waals surface area contributed by atoms with Crippen molar-refractivity contribution in [2.45, 2.75) is 12.5 Å². The fourth-order valence-corrected chi connectivity index (χ4v) is 3.82.